The molecule has 0 aromatic heterocycles. The van der Waals surface area contributed by atoms with Crippen LogP contribution in [0.25, 0.3) is 0 Å². The van der Waals surface area contributed by atoms with Gasteiger partial charge in [0.05, 0.1) is 16.9 Å². The Morgan fingerprint density at radius 1 is 1.40 bits per heavy atom. The van der Waals surface area contributed by atoms with Gasteiger partial charge in [-0.05, 0) is 24.6 Å². The van der Waals surface area contributed by atoms with Crippen LogP contribution in [0.1, 0.15) is 5.56 Å². The molecule has 0 aliphatic heterocycles. The molecule has 8 heteroatoms. The zero-order valence-corrected chi connectivity index (χ0v) is 9.21. The van der Waals surface area contributed by atoms with E-state index in [9.17, 15) is 8.42 Å². The maximum Gasteiger partial charge on any atom is 0.294 e. The Hall–Kier alpha value is -0.640. The fourth-order valence-electron chi connectivity index (χ4n) is 0.965. The summed E-state index contributed by atoms with van der Waals surface area (Å²) in [7, 11) is -4.25. The highest BCUT2D eigenvalue weighted by atomic mass is 32.2. The molecular formula is C7H8O6S2. The van der Waals surface area contributed by atoms with Crippen LogP contribution < -0.4 is 0 Å². The van der Waals surface area contributed by atoms with Crippen molar-refractivity contribution in [2.75, 3.05) is 0 Å². The Morgan fingerprint density at radius 2 is 2.07 bits per heavy atom. The molecule has 1 rings (SSSR count). The molecule has 0 spiro atoms. The number of hydrogen-bond acceptors (Lipinski definition) is 6. The third-order valence-corrected chi connectivity index (χ3v) is 3.17. The van der Waals surface area contributed by atoms with Gasteiger partial charge in [-0.15, -0.1) is 4.33 Å². The first-order chi connectivity index (χ1) is 6.95. The van der Waals surface area contributed by atoms with E-state index in [4.69, 9.17) is 9.81 Å². The van der Waals surface area contributed by atoms with Crippen molar-refractivity contribution in [3.05, 3.63) is 23.8 Å². The van der Waals surface area contributed by atoms with Gasteiger partial charge in [0.2, 0.25) is 0 Å². The molecule has 1 aromatic rings. The Morgan fingerprint density at radius 3 is 2.60 bits per heavy atom. The largest absolute Gasteiger partial charge is 0.294 e. The summed E-state index contributed by atoms with van der Waals surface area (Å²) in [5, 5.41) is 11.3. The Balaban J connectivity index is 3.06. The molecule has 15 heavy (non-hydrogen) atoms. The van der Waals surface area contributed by atoms with Crippen molar-refractivity contribution in [1.82, 2.24) is 0 Å². The van der Waals surface area contributed by atoms with Crippen LogP contribution in [0, 0.1) is 6.92 Å². The minimum atomic E-state index is -4.25. The molecule has 1 aromatic carbocycles. The van der Waals surface area contributed by atoms with Crippen molar-refractivity contribution >= 4 is 22.2 Å². The van der Waals surface area contributed by atoms with Crippen molar-refractivity contribution in [2.45, 2.75) is 16.7 Å². The lowest BCUT2D eigenvalue weighted by molar-refractivity contribution is -0.432. The zero-order chi connectivity index (χ0) is 11.5. The van der Waals surface area contributed by atoms with Gasteiger partial charge in [0.25, 0.3) is 10.1 Å². The Bertz CT molecular complexity index is 441. The van der Waals surface area contributed by atoms with Crippen molar-refractivity contribution in [1.29, 1.82) is 0 Å². The van der Waals surface area contributed by atoms with Gasteiger partial charge >= 0.3 is 0 Å². The molecule has 0 atom stereocenters. The van der Waals surface area contributed by atoms with Crippen molar-refractivity contribution in [2.24, 2.45) is 0 Å². The second kappa shape index (κ2) is 4.92. The standard InChI is InChI=1S/C7H8O6S2/c1-5-2-3-6(14-13-12-8)4-7(5)15(9,10)11/h2-4,8H,1H3,(H,9,10,11). The topological polar surface area (TPSA) is 93.1 Å². The fourth-order valence-corrected chi connectivity index (χ4v) is 2.19. The fraction of sp³-hybridized carbons (Fsp3) is 0.143. The summed E-state index contributed by atoms with van der Waals surface area (Å²) in [6.07, 6.45) is 0. The van der Waals surface area contributed by atoms with Crippen molar-refractivity contribution in [3.8, 4) is 0 Å². The molecule has 0 saturated carbocycles. The molecule has 0 heterocycles. The molecule has 0 amide bonds. The van der Waals surface area contributed by atoms with Gasteiger partial charge < -0.3 is 0 Å². The van der Waals surface area contributed by atoms with Gasteiger partial charge in [0.1, 0.15) is 0 Å². The lowest BCUT2D eigenvalue weighted by atomic mass is 10.2. The van der Waals surface area contributed by atoms with E-state index in [1.165, 1.54) is 12.1 Å². The third-order valence-electron chi connectivity index (χ3n) is 1.60. The molecule has 6 nitrogen and oxygen atoms in total. The summed E-state index contributed by atoms with van der Waals surface area (Å²) in [5.41, 5.74) is 0.409. The number of rotatable bonds is 4. The van der Waals surface area contributed by atoms with Gasteiger partial charge in [-0.25, -0.2) is 5.26 Å². The van der Waals surface area contributed by atoms with E-state index in [0.717, 1.165) is 0 Å². The van der Waals surface area contributed by atoms with Crippen molar-refractivity contribution in [3.63, 3.8) is 0 Å². The highest BCUT2D eigenvalue weighted by Crippen LogP contribution is 2.24. The van der Waals surface area contributed by atoms with Crippen LogP contribution in [0.5, 0.6) is 0 Å². The minimum Gasteiger partial charge on any atom is -0.282 e. The number of aryl methyl sites for hydroxylation is 1. The molecule has 0 bridgehead atoms. The van der Waals surface area contributed by atoms with Gasteiger partial charge in [0.15, 0.2) is 0 Å². The summed E-state index contributed by atoms with van der Waals surface area (Å²) in [4.78, 5) is 0.149. The molecule has 0 unspecified atom stereocenters. The van der Waals surface area contributed by atoms with Crippen LogP contribution in [0.4, 0.5) is 0 Å². The molecule has 2 N–H and O–H groups in total. The predicted molar refractivity (Wildman–Crippen MR) is 51.6 cm³/mol. The average Bonchev–Trinajstić information content (AvgIpc) is 2.15. The van der Waals surface area contributed by atoms with Crippen molar-refractivity contribution < 1.29 is 27.6 Å². The highest BCUT2D eigenvalue weighted by Gasteiger charge is 2.14. The lowest BCUT2D eigenvalue weighted by Crippen LogP contribution is -2.00. The van der Waals surface area contributed by atoms with Crippen LogP contribution in [0.15, 0.2) is 28.0 Å². The third kappa shape index (κ3) is 3.45. The van der Waals surface area contributed by atoms with E-state index in [-0.39, 0.29) is 4.90 Å². The summed E-state index contributed by atoms with van der Waals surface area (Å²) >= 11 is 0.612. The van der Waals surface area contributed by atoms with Crippen LogP contribution in [-0.4, -0.2) is 18.2 Å². The van der Waals surface area contributed by atoms with Gasteiger partial charge in [-0.3, -0.25) is 4.55 Å². The summed E-state index contributed by atoms with van der Waals surface area (Å²) in [6.45, 7) is 1.54. The van der Waals surface area contributed by atoms with Gasteiger partial charge in [-0.2, -0.15) is 8.42 Å². The molecule has 0 saturated heterocycles. The highest BCUT2D eigenvalue weighted by molar-refractivity contribution is 7.94. The van der Waals surface area contributed by atoms with Crippen LogP contribution in [-0.2, 0) is 19.5 Å². The smallest absolute Gasteiger partial charge is 0.282 e. The van der Waals surface area contributed by atoms with Crippen LogP contribution >= 0.6 is 12.0 Å². The quantitative estimate of drug-likeness (QED) is 0.364. The van der Waals surface area contributed by atoms with E-state index in [1.54, 1.807) is 13.0 Å². The Kier molecular flexibility index (Phi) is 4.08. The minimum absolute atomic E-state index is 0.214. The molecular weight excluding hydrogens is 244 g/mol. The van der Waals surface area contributed by atoms with Crippen LogP contribution in [0.3, 0.4) is 0 Å². The predicted octanol–water partition coefficient (Wildman–Crippen LogP) is 1.67. The second-order valence-electron chi connectivity index (χ2n) is 2.63. The summed E-state index contributed by atoms with van der Waals surface area (Å²) in [5.74, 6) is 0. The van der Waals surface area contributed by atoms with E-state index in [1.807, 2.05) is 0 Å². The van der Waals surface area contributed by atoms with Crippen LogP contribution in [0.2, 0.25) is 0 Å². The summed E-state index contributed by atoms with van der Waals surface area (Å²) < 4.78 is 34.8. The number of benzene rings is 1. The van der Waals surface area contributed by atoms with Gasteiger partial charge in [0, 0.05) is 4.90 Å². The Labute approximate surface area is 90.6 Å². The maximum absolute atomic E-state index is 10.9. The average molecular weight is 252 g/mol. The van der Waals surface area contributed by atoms with E-state index < -0.39 is 10.1 Å². The zero-order valence-electron chi connectivity index (χ0n) is 7.58. The van der Waals surface area contributed by atoms with E-state index in [0.29, 0.717) is 22.5 Å². The number of hydrogen-bond donors (Lipinski definition) is 2. The molecule has 0 aliphatic rings. The molecule has 0 radical (unpaired) electrons. The lowest BCUT2D eigenvalue weighted by Gasteiger charge is -2.04. The second-order valence-corrected chi connectivity index (χ2v) is 4.79. The molecule has 84 valence electrons. The SMILES string of the molecule is Cc1ccc(SOOO)cc1S(=O)(=O)O. The monoisotopic (exact) mass is 252 g/mol. The maximum atomic E-state index is 10.9. The molecule has 0 aliphatic carbocycles. The first kappa shape index (κ1) is 12.4. The van der Waals surface area contributed by atoms with Gasteiger partial charge in [-0.1, -0.05) is 11.1 Å². The summed E-state index contributed by atoms with van der Waals surface area (Å²) in [6, 6.07) is 4.24. The first-order valence-corrected chi connectivity index (χ1v) is 5.86. The van der Waals surface area contributed by atoms with E-state index >= 15 is 0 Å². The first-order valence-electron chi connectivity index (χ1n) is 3.68. The van der Waals surface area contributed by atoms with E-state index in [2.05, 4.69) is 9.37 Å². The normalized spacial score (nSPS) is 11.7. The molecule has 0 fully saturated rings.